The number of hydrogen-bond acceptors (Lipinski definition) is 4. The molecule has 0 saturated carbocycles. The Balaban J connectivity index is 1.90. The van der Waals surface area contributed by atoms with Crippen LogP contribution >= 0.6 is 0 Å². The van der Waals surface area contributed by atoms with E-state index in [1.807, 2.05) is 6.07 Å². The lowest BCUT2D eigenvalue weighted by Crippen LogP contribution is -2.39. The third kappa shape index (κ3) is 3.87. The van der Waals surface area contributed by atoms with Gasteiger partial charge in [-0.2, -0.15) is 0 Å². The summed E-state index contributed by atoms with van der Waals surface area (Å²) in [5.41, 5.74) is 7.07. The molecular formula is C16H26N2O2. The molecule has 0 amide bonds. The number of piperidine rings is 1. The van der Waals surface area contributed by atoms with E-state index in [0.29, 0.717) is 5.92 Å². The minimum atomic E-state index is 0.675. The predicted molar refractivity (Wildman–Crippen MR) is 81.5 cm³/mol. The quantitative estimate of drug-likeness (QED) is 0.863. The molecule has 2 rings (SSSR count). The van der Waals surface area contributed by atoms with Crippen LogP contribution in [0.5, 0.6) is 11.5 Å². The second-order valence-corrected chi connectivity index (χ2v) is 5.48. The van der Waals surface area contributed by atoms with Crippen LogP contribution in [0, 0.1) is 5.92 Å². The first-order chi connectivity index (χ1) is 9.76. The highest BCUT2D eigenvalue weighted by Crippen LogP contribution is 2.27. The highest BCUT2D eigenvalue weighted by atomic mass is 16.5. The van der Waals surface area contributed by atoms with E-state index in [-0.39, 0.29) is 0 Å². The summed E-state index contributed by atoms with van der Waals surface area (Å²) in [5.74, 6) is 2.27. The van der Waals surface area contributed by atoms with Crippen molar-refractivity contribution in [3.05, 3.63) is 23.8 Å². The highest BCUT2D eigenvalue weighted by molar-refractivity contribution is 5.42. The third-order valence-corrected chi connectivity index (χ3v) is 4.10. The molecule has 1 atom stereocenters. The smallest absolute Gasteiger partial charge is 0.160 e. The number of hydrogen-bond donors (Lipinski definition) is 1. The zero-order valence-corrected chi connectivity index (χ0v) is 12.6. The summed E-state index contributed by atoms with van der Waals surface area (Å²) in [4.78, 5) is 2.53. The Morgan fingerprint density at radius 1 is 1.25 bits per heavy atom. The Morgan fingerprint density at radius 2 is 2.05 bits per heavy atom. The molecule has 1 unspecified atom stereocenters. The molecule has 4 heteroatoms. The zero-order chi connectivity index (χ0) is 14.4. The van der Waals surface area contributed by atoms with Gasteiger partial charge in [-0.25, -0.2) is 0 Å². The fraction of sp³-hybridized carbons (Fsp3) is 0.625. The van der Waals surface area contributed by atoms with Gasteiger partial charge in [-0.3, -0.25) is 0 Å². The van der Waals surface area contributed by atoms with Crippen molar-refractivity contribution in [2.45, 2.75) is 19.3 Å². The van der Waals surface area contributed by atoms with Gasteiger partial charge in [-0.15, -0.1) is 0 Å². The van der Waals surface area contributed by atoms with Crippen LogP contribution in [0.2, 0.25) is 0 Å². The molecule has 1 heterocycles. The van der Waals surface area contributed by atoms with Gasteiger partial charge in [0, 0.05) is 13.1 Å². The van der Waals surface area contributed by atoms with Crippen molar-refractivity contribution < 1.29 is 9.47 Å². The van der Waals surface area contributed by atoms with E-state index in [0.717, 1.165) is 37.6 Å². The van der Waals surface area contributed by atoms with Gasteiger partial charge in [-0.05, 0) is 56.0 Å². The van der Waals surface area contributed by atoms with Crippen LogP contribution in [0.1, 0.15) is 18.4 Å². The van der Waals surface area contributed by atoms with Crippen LogP contribution in [0.15, 0.2) is 18.2 Å². The van der Waals surface area contributed by atoms with E-state index in [1.165, 1.54) is 24.9 Å². The topological polar surface area (TPSA) is 47.7 Å². The van der Waals surface area contributed by atoms with Crippen LogP contribution in [0.4, 0.5) is 0 Å². The first-order valence-electron chi connectivity index (χ1n) is 7.40. The molecular weight excluding hydrogens is 252 g/mol. The van der Waals surface area contributed by atoms with Crippen molar-refractivity contribution in [2.75, 3.05) is 40.4 Å². The van der Waals surface area contributed by atoms with E-state index >= 15 is 0 Å². The molecule has 1 aromatic rings. The van der Waals surface area contributed by atoms with E-state index < -0.39 is 0 Å². The average molecular weight is 278 g/mol. The summed E-state index contributed by atoms with van der Waals surface area (Å²) in [6.45, 7) is 4.24. The van der Waals surface area contributed by atoms with Gasteiger partial charge in [0.1, 0.15) is 0 Å². The SMILES string of the molecule is COc1ccc(CCN2CCCC(CN)C2)cc1OC. The summed E-state index contributed by atoms with van der Waals surface area (Å²) >= 11 is 0. The maximum Gasteiger partial charge on any atom is 0.160 e. The minimum Gasteiger partial charge on any atom is -0.493 e. The van der Waals surface area contributed by atoms with Crippen LogP contribution in [-0.4, -0.2) is 45.3 Å². The lowest BCUT2D eigenvalue weighted by atomic mass is 9.98. The highest BCUT2D eigenvalue weighted by Gasteiger charge is 2.18. The Hall–Kier alpha value is -1.26. The van der Waals surface area contributed by atoms with Crippen LogP contribution in [-0.2, 0) is 6.42 Å². The Kier molecular flexibility index (Phi) is 5.68. The lowest BCUT2D eigenvalue weighted by molar-refractivity contribution is 0.180. The Labute approximate surface area is 121 Å². The predicted octanol–water partition coefficient (Wildman–Crippen LogP) is 1.92. The number of rotatable bonds is 6. The molecule has 112 valence electrons. The molecule has 1 aliphatic rings. The van der Waals surface area contributed by atoms with Gasteiger partial charge in [0.25, 0.3) is 0 Å². The standard InChI is InChI=1S/C16H26N2O2/c1-19-15-6-5-13(10-16(15)20-2)7-9-18-8-3-4-14(11-17)12-18/h5-6,10,14H,3-4,7-9,11-12,17H2,1-2H3. The van der Waals surface area contributed by atoms with Crippen molar-refractivity contribution in [1.29, 1.82) is 0 Å². The largest absolute Gasteiger partial charge is 0.493 e. The number of methoxy groups -OCH3 is 2. The molecule has 0 radical (unpaired) electrons. The summed E-state index contributed by atoms with van der Waals surface area (Å²) in [7, 11) is 3.34. The fourth-order valence-electron chi connectivity index (χ4n) is 2.87. The van der Waals surface area contributed by atoms with E-state index in [4.69, 9.17) is 15.2 Å². The van der Waals surface area contributed by atoms with E-state index in [9.17, 15) is 0 Å². The van der Waals surface area contributed by atoms with Crippen molar-refractivity contribution in [2.24, 2.45) is 11.7 Å². The first kappa shape index (κ1) is 15.1. The van der Waals surface area contributed by atoms with Gasteiger partial charge in [0.2, 0.25) is 0 Å². The monoisotopic (exact) mass is 278 g/mol. The van der Waals surface area contributed by atoms with Gasteiger partial charge in [-0.1, -0.05) is 6.07 Å². The second kappa shape index (κ2) is 7.50. The number of ether oxygens (including phenoxy) is 2. The lowest BCUT2D eigenvalue weighted by Gasteiger charge is -2.32. The normalized spacial score (nSPS) is 19.9. The molecule has 0 aromatic heterocycles. The molecule has 0 bridgehead atoms. The van der Waals surface area contributed by atoms with Crippen LogP contribution < -0.4 is 15.2 Å². The average Bonchev–Trinajstić information content (AvgIpc) is 2.52. The molecule has 2 N–H and O–H groups in total. The van der Waals surface area contributed by atoms with Crippen molar-refractivity contribution in [3.63, 3.8) is 0 Å². The number of likely N-dealkylation sites (tertiary alicyclic amines) is 1. The molecule has 20 heavy (non-hydrogen) atoms. The fourth-order valence-corrected chi connectivity index (χ4v) is 2.87. The van der Waals surface area contributed by atoms with Gasteiger partial charge < -0.3 is 20.1 Å². The molecule has 1 saturated heterocycles. The van der Waals surface area contributed by atoms with Crippen molar-refractivity contribution in [3.8, 4) is 11.5 Å². The summed E-state index contributed by atoms with van der Waals surface area (Å²) in [5, 5.41) is 0. The number of nitrogens with zero attached hydrogens (tertiary/aromatic N) is 1. The summed E-state index contributed by atoms with van der Waals surface area (Å²) in [6.07, 6.45) is 3.59. The van der Waals surface area contributed by atoms with Crippen molar-refractivity contribution in [1.82, 2.24) is 4.90 Å². The molecule has 1 aromatic carbocycles. The third-order valence-electron chi connectivity index (χ3n) is 4.10. The van der Waals surface area contributed by atoms with Crippen molar-refractivity contribution >= 4 is 0 Å². The van der Waals surface area contributed by atoms with Crippen LogP contribution in [0.3, 0.4) is 0 Å². The van der Waals surface area contributed by atoms with E-state index in [2.05, 4.69) is 17.0 Å². The molecule has 4 nitrogen and oxygen atoms in total. The number of benzene rings is 1. The minimum absolute atomic E-state index is 0.675. The van der Waals surface area contributed by atoms with Gasteiger partial charge >= 0.3 is 0 Å². The maximum absolute atomic E-state index is 5.79. The molecule has 0 aliphatic carbocycles. The molecule has 1 fully saturated rings. The summed E-state index contributed by atoms with van der Waals surface area (Å²) < 4.78 is 10.6. The Bertz CT molecular complexity index is 423. The molecule has 1 aliphatic heterocycles. The first-order valence-corrected chi connectivity index (χ1v) is 7.40. The summed E-state index contributed by atoms with van der Waals surface area (Å²) in [6, 6.07) is 6.17. The molecule has 0 spiro atoms. The zero-order valence-electron chi connectivity index (χ0n) is 12.6. The van der Waals surface area contributed by atoms with Crippen LogP contribution in [0.25, 0.3) is 0 Å². The Morgan fingerprint density at radius 3 is 2.75 bits per heavy atom. The van der Waals surface area contributed by atoms with Gasteiger partial charge in [0.05, 0.1) is 14.2 Å². The van der Waals surface area contributed by atoms with Gasteiger partial charge in [0.15, 0.2) is 11.5 Å². The second-order valence-electron chi connectivity index (χ2n) is 5.48. The maximum atomic E-state index is 5.79. The number of nitrogens with two attached hydrogens (primary N) is 1. The van der Waals surface area contributed by atoms with E-state index in [1.54, 1.807) is 14.2 Å².